The Morgan fingerprint density at radius 2 is 1.76 bits per heavy atom. The molecule has 0 spiro atoms. The number of alkyl halides is 3. The predicted octanol–water partition coefficient (Wildman–Crippen LogP) is 4.57. The van der Waals surface area contributed by atoms with Crippen molar-refractivity contribution in [2.24, 2.45) is 0 Å². The van der Waals surface area contributed by atoms with Crippen molar-refractivity contribution in [3.63, 3.8) is 0 Å². The number of hydrogen-bond donors (Lipinski definition) is 1. The summed E-state index contributed by atoms with van der Waals surface area (Å²) in [7, 11) is 0. The monoisotopic (exact) mass is 348 g/mol. The number of hydrogen-bond acceptors (Lipinski definition) is 2. The zero-order valence-electron chi connectivity index (χ0n) is 13.3. The molecule has 25 heavy (non-hydrogen) atoms. The first-order valence-electron chi connectivity index (χ1n) is 7.69. The molecular weight excluding hydrogens is 333 g/mol. The quantitative estimate of drug-likeness (QED) is 0.884. The summed E-state index contributed by atoms with van der Waals surface area (Å²) in [4.78, 5) is 11.7. The Balaban J connectivity index is 2.29. The molecule has 1 N–H and O–H groups in total. The van der Waals surface area contributed by atoms with E-state index in [0.29, 0.717) is 12.0 Å². The zero-order chi connectivity index (χ0) is 18.2. The maximum absolute atomic E-state index is 14.1. The lowest BCUT2D eigenvalue weighted by atomic mass is 9.81. The van der Waals surface area contributed by atoms with Crippen LogP contribution in [0.25, 0.3) is 6.08 Å². The smallest absolute Gasteiger partial charge is 0.437 e. The molecule has 1 atom stereocenters. The summed E-state index contributed by atoms with van der Waals surface area (Å²) in [6.07, 6.45) is -3.27. The first kappa shape index (κ1) is 17.1. The van der Waals surface area contributed by atoms with Gasteiger partial charge in [0.1, 0.15) is 5.75 Å². The van der Waals surface area contributed by atoms with Crippen LogP contribution in [0.1, 0.15) is 23.6 Å². The second-order valence-corrected chi connectivity index (χ2v) is 5.73. The highest BCUT2D eigenvalue weighted by Gasteiger charge is 2.64. The molecule has 2 aromatic rings. The van der Waals surface area contributed by atoms with Crippen LogP contribution in [0.3, 0.4) is 0 Å². The fourth-order valence-electron chi connectivity index (χ4n) is 2.95. The van der Waals surface area contributed by atoms with Gasteiger partial charge >= 0.3 is 12.1 Å². The van der Waals surface area contributed by atoms with Crippen molar-refractivity contribution in [3.8, 4) is 5.75 Å². The molecule has 130 valence electrons. The van der Waals surface area contributed by atoms with E-state index in [0.717, 1.165) is 11.6 Å². The Morgan fingerprint density at radius 3 is 2.32 bits per heavy atom. The molecule has 6 heteroatoms. The molecule has 2 aromatic carbocycles. The molecule has 0 aromatic heterocycles. The van der Waals surface area contributed by atoms with Crippen molar-refractivity contribution in [1.29, 1.82) is 0 Å². The van der Waals surface area contributed by atoms with Gasteiger partial charge in [-0.25, -0.2) is 4.79 Å². The molecule has 3 rings (SSSR count). The number of halogens is 3. The van der Waals surface area contributed by atoms with E-state index in [-0.39, 0.29) is 11.3 Å². The average Bonchev–Trinajstić information content (AvgIpc) is 2.59. The van der Waals surface area contributed by atoms with Gasteiger partial charge in [-0.05, 0) is 24.1 Å². The number of carbonyl (C=O) groups is 1. The summed E-state index contributed by atoms with van der Waals surface area (Å²) < 4.78 is 47.8. The molecule has 1 aliphatic rings. The topological polar surface area (TPSA) is 46.5 Å². The molecule has 0 saturated carbocycles. The van der Waals surface area contributed by atoms with Crippen molar-refractivity contribution in [2.45, 2.75) is 25.1 Å². The SMILES string of the molecule is CCc1ccc(C2(C(F)(F)F)Oc3ccccc3C=C2C(=O)O)cc1. The number of para-hydroxylation sites is 1. The summed E-state index contributed by atoms with van der Waals surface area (Å²) in [5, 5.41) is 9.48. The van der Waals surface area contributed by atoms with Crippen LogP contribution in [0.2, 0.25) is 0 Å². The minimum absolute atomic E-state index is 0.00982. The van der Waals surface area contributed by atoms with Crippen LogP contribution in [0.5, 0.6) is 5.75 Å². The lowest BCUT2D eigenvalue weighted by molar-refractivity contribution is -0.240. The summed E-state index contributed by atoms with van der Waals surface area (Å²) in [6, 6.07) is 11.7. The minimum atomic E-state index is -4.96. The molecule has 1 aliphatic heterocycles. The van der Waals surface area contributed by atoms with Crippen LogP contribution in [-0.4, -0.2) is 17.3 Å². The number of fused-ring (bicyclic) bond motifs is 1. The molecular formula is C19H15F3O3. The lowest BCUT2D eigenvalue weighted by Gasteiger charge is -2.39. The maximum Gasteiger partial charge on any atom is 0.437 e. The van der Waals surface area contributed by atoms with Gasteiger partial charge in [-0.2, -0.15) is 13.2 Å². The van der Waals surface area contributed by atoms with Crippen LogP contribution >= 0.6 is 0 Å². The Labute approximate surface area is 142 Å². The molecule has 0 bridgehead atoms. The Bertz CT molecular complexity index is 838. The molecule has 1 heterocycles. The molecule has 3 nitrogen and oxygen atoms in total. The fraction of sp³-hybridized carbons (Fsp3) is 0.211. The highest BCUT2D eigenvalue weighted by molar-refractivity contribution is 5.96. The average molecular weight is 348 g/mol. The normalized spacial score (nSPS) is 19.6. The first-order chi connectivity index (χ1) is 11.8. The van der Waals surface area contributed by atoms with Gasteiger partial charge in [0, 0.05) is 11.1 Å². The van der Waals surface area contributed by atoms with E-state index in [1.165, 1.54) is 24.3 Å². The van der Waals surface area contributed by atoms with Crippen LogP contribution in [0.15, 0.2) is 54.1 Å². The van der Waals surface area contributed by atoms with E-state index in [1.807, 2.05) is 6.92 Å². The molecule has 0 fully saturated rings. The zero-order valence-corrected chi connectivity index (χ0v) is 13.3. The second kappa shape index (κ2) is 5.95. The van der Waals surface area contributed by atoms with Crippen LogP contribution in [-0.2, 0) is 16.8 Å². The number of aliphatic carboxylic acids is 1. The van der Waals surface area contributed by atoms with E-state index < -0.39 is 23.3 Å². The van der Waals surface area contributed by atoms with E-state index in [4.69, 9.17) is 4.74 Å². The Kier molecular flexibility index (Phi) is 4.06. The van der Waals surface area contributed by atoms with E-state index >= 15 is 0 Å². The number of rotatable bonds is 3. The van der Waals surface area contributed by atoms with Crippen molar-refractivity contribution < 1.29 is 27.8 Å². The Morgan fingerprint density at radius 1 is 1.12 bits per heavy atom. The summed E-state index contributed by atoms with van der Waals surface area (Å²) >= 11 is 0. The van der Waals surface area contributed by atoms with E-state index in [9.17, 15) is 23.1 Å². The van der Waals surface area contributed by atoms with Gasteiger partial charge < -0.3 is 9.84 Å². The third-order valence-corrected chi connectivity index (χ3v) is 4.26. The third kappa shape index (κ3) is 2.67. The highest BCUT2D eigenvalue weighted by Crippen LogP contribution is 2.51. The molecule has 0 amide bonds. The van der Waals surface area contributed by atoms with Gasteiger partial charge in [-0.15, -0.1) is 0 Å². The van der Waals surface area contributed by atoms with E-state index in [2.05, 4.69) is 0 Å². The number of benzene rings is 2. The first-order valence-corrected chi connectivity index (χ1v) is 7.69. The van der Waals surface area contributed by atoms with Gasteiger partial charge in [0.25, 0.3) is 5.60 Å². The Hall–Kier alpha value is -2.76. The largest absolute Gasteiger partial charge is 0.478 e. The van der Waals surface area contributed by atoms with Crippen LogP contribution < -0.4 is 4.74 Å². The fourth-order valence-corrected chi connectivity index (χ4v) is 2.95. The molecule has 0 radical (unpaired) electrons. The van der Waals surface area contributed by atoms with Gasteiger partial charge in [0.15, 0.2) is 0 Å². The number of aryl methyl sites for hydroxylation is 1. The summed E-state index contributed by atoms with van der Waals surface area (Å²) in [5.74, 6) is -1.68. The molecule has 0 aliphatic carbocycles. The van der Waals surface area contributed by atoms with Gasteiger partial charge in [0.2, 0.25) is 0 Å². The minimum Gasteiger partial charge on any atom is -0.478 e. The highest BCUT2D eigenvalue weighted by atomic mass is 19.4. The third-order valence-electron chi connectivity index (χ3n) is 4.26. The van der Waals surface area contributed by atoms with Crippen molar-refractivity contribution in [3.05, 3.63) is 70.8 Å². The summed E-state index contributed by atoms with van der Waals surface area (Å²) in [5.41, 5.74) is -3.04. The lowest BCUT2D eigenvalue weighted by Crippen LogP contribution is -2.52. The number of ether oxygens (including phenoxy) is 1. The maximum atomic E-state index is 14.1. The number of carboxylic acid groups (broad SMARTS) is 1. The summed E-state index contributed by atoms with van der Waals surface area (Å²) in [6.45, 7) is 1.88. The second-order valence-electron chi connectivity index (χ2n) is 5.73. The predicted molar refractivity (Wildman–Crippen MR) is 86.2 cm³/mol. The molecule has 1 unspecified atom stereocenters. The molecule has 0 saturated heterocycles. The van der Waals surface area contributed by atoms with Gasteiger partial charge in [-0.1, -0.05) is 49.4 Å². The van der Waals surface area contributed by atoms with E-state index in [1.54, 1.807) is 24.3 Å². The van der Waals surface area contributed by atoms with Crippen molar-refractivity contribution in [1.82, 2.24) is 0 Å². The van der Waals surface area contributed by atoms with Crippen molar-refractivity contribution in [2.75, 3.05) is 0 Å². The number of carboxylic acids is 1. The van der Waals surface area contributed by atoms with Gasteiger partial charge in [-0.3, -0.25) is 0 Å². The van der Waals surface area contributed by atoms with Crippen LogP contribution in [0, 0.1) is 0 Å². The van der Waals surface area contributed by atoms with Gasteiger partial charge in [0.05, 0.1) is 5.57 Å². The van der Waals surface area contributed by atoms with Crippen LogP contribution in [0.4, 0.5) is 13.2 Å². The standard InChI is InChI=1S/C19H15F3O3/c1-2-12-7-9-14(10-8-12)18(19(20,21)22)15(17(23)24)11-13-5-3-4-6-16(13)25-18/h3-11H,2H2,1H3,(H,23,24). The van der Waals surface area contributed by atoms with Crippen molar-refractivity contribution >= 4 is 12.0 Å².